The van der Waals surface area contributed by atoms with Crippen molar-refractivity contribution in [1.29, 1.82) is 0 Å². The van der Waals surface area contributed by atoms with Crippen LogP contribution in [0.4, 0.5) is 5.13 Å². The Kier molecular flexibility index (Phi) is 4.66. The van der Waals surface area contributed by atoms with Crippen LogP contribution in [0.2, 0.25) is 0 Å². The van der Waals surface area contributed by atoms with Crippen LogP contribution < -0.4 is 14.8 Å². The Bertz CT molecular complexity index is 973. The van der Waals surface area contributed by atoms with E-state index < -0.39 is 0 Å². The molecule has 0 radical (unpaired) electrons. The molecule has 3 aliphatic rings. The second-order valence-corrected chi connectivity index (χ2v) is 9.06. The second kappa shape index (κ2) is 7.33. The van der Waals surface area contributed by atoms with Crippen molar-refractivity contribution in [3.05, 3.63) is 34.3 Å². The number of thiazole rings is 1. The Morgan fingerprint density at radius 3 is 2.97 bits per heavy atom. The summed E-state index contributed by atoms with van der Waals surface area (Å²) in [7, 11) is 0. The molecule has 1 fully saturated rings. The molecule has 0 bridgehead atoms. The zero-order valence-electron chi connectivity index (χ0n) is 16.3. The number of rotatable bonds is 3. The number of carbonyl (C=O) groups excluding carboxylic acids is 2. The maximum atomic E-state index is 13.0. The van der Waals surface area contributed by atoms with Gasteiger partial charge in [-0.2, -0.15) is 0 Å². The molecule has 1 aromatic heterocycles. The van der Waals surface area contributed by atoms with E-state index in [0.29, 0.717) is 28.1 Å². The van der Waals surface area contributed by atoms with Crippen molar-refractivity contribution in [3.8, 4) is 11.5 Å². The number of carbonyl (C=O) groups is 2. The maximum Gasteiger partial charge on any atom is 0.257 e. The normalized spacial score (nSPS) is 22.4. The van der Waals surface area contributed by atoms with Gasteiger partial charge in [0, 0.05) is 23.5 Å². The topological polar surface area (TPSA) is 80.8 Å². The fourth-order valence-corrected chi connectivity index (χ4v) is 5.37. The number of piperidine rings is 1. The van der Waals surface area contributed by atoms with Gasteiger partial charge in [-0.25, -0.2) is 4.98 Å². The Balaban J connectivity index is 1.30. The number of anilines is 1. The van der Waals surface area contributed by atoms with Crippen LogP contribution in [0.3, 0.4) is 0 Å². The van der Waals surface area contributed by atoms with E-state index in [4.69, 9.17) is 9.47 Å². The van der Waals surface area contributed by atoms with Crippen molar-refractivity contribution >= 4 is 28.3 Å². The summed E-state index contributed by atoms with van der Waals surface area (Å²) in [5.41, 5.74) is 1.33. The SMILES string of the molecule is C[C@H]1CCCN(C(=O)[C@@H]2CCc3sc(NC(=O)c4ccc5c(c4)OCO5)nc32)C1. The summed E-state index contributed by atoms with van der Waals surface area (Å²) in [5, 5.41) is 3.42. The maximum absolute atomic E-state index is 13.0. The van der Waals surface area contributed by atoms with Gasteiger partial charge in [-0.1, -0.05) is 6.92 Å². The molecule has 2 amide bonds. The van der Waals surface area contributed by atoms with Crippen LogP contribution in [-0.2, 0) is 11.2 Å². The van der Waals surface area contributed by atoms with E-state index in [0.717, 1.165) is 42.9 Å². The number of benzene rings is 1. The van der Waals surface area contributed by atoms with Crippen molar-refractivity contribution in [2.45, 2.75) is 38.5 Å². The lowest BCUT2D eigenvalue weighted by atomic mass is 9.97. The molecule has 1 aromatic carbocycles. The molecule has 1 aliphatic carbocycles. The number of nitrogens with one attached hydrogen (secondary N) is 1. The number of aryl methyl sites for hydroxylation is 1. The molecule has 8 heteroatoms. The molecular weight excluding hydrogens is 390 g/mol. The van der Waals surface area contributed by atoms with Crippen LogP contribution in [0.1, 0.15) is 53.0 Å². The number of aromatic nitrogens is 1. The lowest BCUT2D eigenvalue weighted by Crippen LogP contribution is -2.41. The Hall–Kier alpha value is -2.61. The molecule has 29 heavy (non-hydrogen) atoms. The summed E-state index contributed by atoms with van der Waals surface area (Å²) in [6.45, 7) is 4.05. The molecule has 7 nitrogen and oxygen atoms in total. The van der Waals surface area contributed by atoms with Gasteiger partial charge >= 0.3 is 0 Å². The van der Waals surface area contributed by atoms with Crippen LogP contribution in [0, 0.1) is 5.92 Å². The lowest BCUT2D eigenvalue weighted by Gasteiger charge is -2.32. The van der Waals surface area contributed by atoms with E-state index in [1.54, 1.807) is 18.2 Å². The van der Waals surface area contributed by atoms with Gasteiger partial charge in [-0.05, 0) is 49.8 Å². The largest absolute Gasteiger partial charge is 0.454 e. The van der Waals surface area contributed by atoms with Crippen molar-refractivity contribution in [1.82, 2.24) is 9.88 Å². The molecular formula is C21H23N3O4S. The zero-order chi connectivity index (χ0) is 20.0. The van der Waals surface area contributed by atoms with E-state index in [-0.39, 0.29) is 24.5 Å². The first kappa shape index (κ1) is 18.4. The number of fused-ring (bicyclic) bond motifs is 2. The minimum absolute atomic E-state index is 0.171. The van der Waals surface area contributed by atoms with E-state index in [2.05, 4.69) is 17.2 Å². The van der Waals surface area contributed by atoms with Gasteiger partial charge in [0.2, 0.25) is 12.7 Å². The summed E-state index contributed by atoms with van der Waals surface area (Å²) in [4.78, 5) is 33.4. The van der Waals surface area contributed by atoms with Crippen LogP contribution >= 0.6 is 11.3 Å². The number of ether oxygens (including phenoxy) is 2. The van der Waals surface area contributed by atoms with Crippen LogP contribution in [0.15, 0.2) is 18.2 Å². The second-order valence-electron chi connectivity index (χ2n) is 7.97. The van der Waals surface area contributed by atoms with Crippen molar-refractivity contribution in [2.24, 2.45) is 5.92 Å². The van der Waals surface area contributed by atoms with Crippen LogP contribution in [-0.4, -0.2) is 41.6 Å². The van der Waals surface area contributed by atoms with Gasteiger partial charge in [-0.3, -0.25) is 14.9 Å². The Morgan fingerprint density at radius 2 is 2.10 bits per heavy atom. The van der Waals surface area contributed by atoms with Crippen molar-refractivity contribution in [2.75, 3.05) is 25.2 Å². The number of hydrogen-bond donors (Lipinski definition) is 1. The first-order chi connectivity index (χ1) is 14.1. The number of likely N-dealkylation sites (tertiary alicyclic amines) is 1. The number of nitrogens with zero attached hydrogens (tertiary/aromatic N) is 2. The Morgan fingerprint density at radius 1 is 1.24 bits per heavy atom. The third kappa shape index (κ3) is 3.46. The van der Waals surface area contributed by atoms with E-state index in [9.17, 15) is 9.59 Å². The van der Waals surface area contributed by atoms with Gasteiger partial charge in [0.15, 0.2) is 16.6 Å². The highest BCUT2D eigenvalue weighted by atomic mass is 32.1. The monoisotopic (exact) mass is 413 g/mol. The summed E-state index contributed by atoms with van der Waals surface area (Å²) in [5.74, 6) is 1.53. The number of amides is 2. The molecule has 2 aromatic rings. The molecule has 0 spiro atoms. The molecule has 1 N–H and O–H groups in total. The van der Waals surface area contributed by atoms with E-state index in [1.165, 1.54) is 17.8 Å². The molecule has 2 atom stereocenters. The third-order valence-corrected chi connectivity index (χ3v) is 6.89. The predicted octanol–water partition coefficient (Wildman–Crippen LogP) is 3.41. The quantitative estimate of drug-likeness (QED) is 0.834. The average Bonchev–Trinajstić information content (AvgIpc) is 3.42. The predicted molar refractivity (Wildman–Crippen MR) is 109 cm³/mol. The summed E-state index contributed by atoms with van der Waals surface area (Å²) in [6.07, 6.45) is 3.91. The molecule has 2 aliphatic heterocycles. The van der Waals surface area contributed by atoms with Gasteiger partial charge in [0.25, 0.3) is 5.91 Å². The highest BCUT2D eigenvalue weighted by Crippen LogP contribution is 2.40. The summed E-state index contributed by atoms with van der Waals surface area (Å²) < 4.78 is 10.6. The zero-order valence-corrected chi connectivity index (χ0v) is 17.1. The first-order valence-electron chi connectivity index (χ1n) is 10.1. The minimum Gasteiger partial charge on any atom is -0.454 e. The molecule has 5 rings (SSSR count). The lowest BCUT2D eigenvalue weighted by molar-refractivity contribution is -0.134. The minimum atomic E-state index is -0.247. The van der Waals surface area contributed by atoms with Crippen molar-refractivity contribution < 1.29 is 19.1 Å². The first-order valence-corrected chi connectivity index (χ1v) is 10.9. The van der Waals surface area contributed by atoms with Gasteiger partial charge < -0.3 is 14.4 Å². The third-order valence-electron chi connectivity index (χ3n) is 5.84. The Labute approximate surface area is 173 Å². The fraction of sp³-hybridized carbons (Fsp3) is 0.476. The van der Waals surface area contributed by atoms with Gasteiger partial charge in [-0.15, -0.1) is 11.3 Å². The van der Waals surface area contributed by atoms with Crippen LogP contribution in [0.25, 0.3) is 0 Å². The molecule has 152 valence electrons. The molecule has 0 unspecified atom stereocenters. The smallest absolute Gasteiger partial charge is 0.257 e. The molecule has 3 heterocycles. The molecule has 0 saturated carbocycles. The highest BCUT2D eigenvalue weighted by Gasteiger charge is 2.36. The van der Waals surface area contributed by atoms with Crippen LogP contribution in [0.5, 0.6) is 11.5 Å². The average molecular weight is 413 g/mol. The van der Waals surface area contributed by atoms with Gasteiger partial charge in [0.05, 0.1) is 11.6 Å². The summed E-state index contributed by atoms with van der Waals surface area (Å²) in [6, 6.07) is 5.10. The van der Waals surface area contributed by atoms with Crippen molar-refractivity contribution in [3.63, 3.8) is 0 Å². The standard InChI is InChI=1S/C21H23N3O4S/c1-12-3-2-8-24(10-12)20(26)14-5-7-17-18(14)22-21(29-17)23-19(25)13-4-6-15-16(9-13)28-11-27-15/h4,6,9,12,14H,2-3,5,7-8,10-11H2,1H3,(H,22,23,25)/t12-,14+/m0/s1. The number of hydrogen-bond acceptors (Lipinski definition) is 6. The molecule has 1 saturated heterocycles. The highest BCUT2D eigenvalue weighted by molar-refractivity contribution is 7.16. The van der Waals surface area contributed by atoms with E-state index in [1.807, 2.05) is 4.90 Å². The fourth-order valence-electron chi connectivity index (χ4n) is 4.34. The van der Waals surface area contributed by atoms with E-state index >= 15 is 0 Å². The summed E-state index contributed by atoms with van der Waals surface area (Å²) >= 11 is 1.47. The van der Waals surface area contributed by atoms with Gasteiger partial charge in [0.1, 0.15) is 0 Å².